The van der Waals surface area contributed by atoms with Crippen molar-refractivity contribution in [2.24, 2.45) is 11.8 Å². The summed E-state index contributed by atoms with van der Waals surface area (Å²) < 4.78 is 38.1. The number of benzene rings is 1. The Morgan fingerprint density at radius 2 is 1.41 bits per heavy atom. The second-order valence-electron chi connectivity index (χ2n) is 13.8. The second kappa shape index (κ2) is 28.4. The van der Waals surface area contributed by atoms with Gasteiger partial charge < -0.3 is 33.7 Å². The van der Waals surface area contributed by atoms with Gasteiger partial charge in [0.2, 0.25) is 5.91 Å². The predicted octanol–water partition coefficient (Wildman–Crippen LogP) is 9.71. The van der Waals surface area contributed by atoms with Crippen molar-refractivity contribution in [3.63, 3.8) is 0 Å². The van der Waals surface area contributed by atoms with Gasteiger partial charge in [-0.3, -0.25) is 4.79 Å². The molecule has 1 amide bonds. The van der Waals surface area contributed by atoms with Crippen LogP contribution in [0.25, 0.3) is 0 Å². The number of carbonyl (C=O) groups excluding carboxylic acids is 1. The van der Waals surface area contributed by atoms with Gasteiger partial charge in [-0.1, -0.05) is 94.7 Å². The lowest BCUT2D eigenvalue weighted by Crippen LogP contribution is -2.28. The van der Waals surface area contributed by atoms with Crippen molar-refractivity contribution in [1.29, 1.82) is 0 Å². The molecule has 0 bridgehead atoms. The summed E-state index contributed by atoms with van der Waals surface area (Å²) >= 11 is 0. The van der Waals surface area contributed by atoms with Crippen molar-refractivity contribution in [3.8, 4) is 0 Å². The molecule has 1 aromatic carbocycles. The molecule has 51 heavy (non-hydrogen) atoms. The van der Waals surface area contributed by atoms with E-state index >= 15 is 0 Å². The normalized spacial score (nSPS) is 21.7. The molecule has 0 spiro atoms. The minimum Gasteiger partial charge on any atom is -0.356 e. The fraction of sp³-hybridized carbons (Fsp3) is 0.744. The van der Waals surface area contributed by atoms with E-state index in [2.05, 4.69) is 80.7 Å². The summed E-state index contributed by atoms with van der Waals surface area (Å²) in [4.78, 5) is 11.9. The van der Waals surface area contributed by atoms with Crippen LogP contribution in [0, 0.1) is 11.8 Å². The lowest BCUT2D eigenvalue weighted by atomic mass is 9.89. The molecular formula is C43H73NO7. The average molecular weight is 716 g/mol. The lowest BCUT2D eigenvalue weighted by Gasteiger charge is -2.27. The smallest absolute Gasteiger partial charge is 0.219 e. The van der Waals surface area contributed by atoms with Crippen molar-refractivity contribution in [3.05, 3.63) is 60.2 Å². The molecule has 0 aromatic heterocycles. The van der Waals surface area contributed by atoms with Crippen molar-refractivity contribution < 1.29 is 33.2 Å². The summed E-state index contributed by atoms with van der Waals surface area (Å²) in [6.45, 7) is 17.2. The number of rotatable bonds is 30. The van der Waals surface area contributed by atoms with E-state index in [0.717, 1.165) is 77.0 Å². The van der Waals surface area contributed by atoms with Crippen LogP contribution in [0.15, 0.2) is 54.6 Å². The van der Waals surface area contributed by atoms with Crippen molar-refractivity contribution in [1.82, 2.24) is 5.32 Å². The molecule has 8 atom stereocenters. The van der Waals surface area contributed by atoms with Gasteiger partial charge in [-0.2, -0.15) is 0 Å². The van der Waals surface area contributed by atoms with E-state index in [1.54, 1.807) is 0 Å². The predicted molar refractivity (Wildman–Crippen MR) is 207 cm³/mol. The van der Waals surface area contributed by atoms with Gasteiger partial charge in [-0.25, -0.2) is 0 Å². The van der Waals surface area contributed by atoms with Gasteiger partial charge in [0.1, 0.15) is 0 Å². The van der Waals surface area contributed by atoms with Gasteiger partial charge >= 0.3 is 0 Å². The Labute approximate surface area is 311 Å². The molecule has 0 heterocycles. The zero-order valence-corrected chi connectivity index (χ0v) is 33.2. The highest BCUT2D eigenvalue weighted by Crippen LogP contribution is 2.41. The molecule has 0 aliphatic heterocycles. The van der Waals surface area contributed by atoms with Gasteiger partial charge in [0.05, 0.1) is 18.3 Å². The standard InChI is InChI=1S/C43H73NO7/c1-8-12-30-46-34(5)49-38(27-26-37-22-18-17-19-23-37)28-29-40-39(24-20-15-16-21-25-43(45)44-11-4)41(50-35(6)47-31-13-9-2)33-42(40)51-36(7)48-32-14-10-3/h15,17-20,22-23,28-29,34-36,38-42H,8-14,16,21,24-27,30-33H2,1-7H3,(H,44,45)/b20-15-,29-28+/t34?,35?,36?,38?,39-,40-,41+,42-/m1/s1. The zero-order valence-electron chi connectivity index (χ0n) is 33.2. The van der Waals surface area contributed by atoms with E-state index in [9.17, 15) is 4.79 Å². The molecule has 1 aromatic rings. The van der Waals surface area contributed by atoms with Crippen LogP contribution in [-0.4, -0.2) is 69.5 Å². The minimum atomic E-state index is -0.322. The first-order chi connectivity index (χ1) is 24.8. The Bertz CT molecular complexity index is 1050. The number of aryl methyl sites for hydroxylation is 1. The number of ether oxygens (including phenoxy) is 6. The van der Waals surface area contributed by atoms with Crippen LogP contribution in [0.5, 0.6) is 0 Å². The number of hydrogen-bond donors (Lipinski definition) is 1. The fourth-order valence-electron chi connectivity index (χ4n) is 6.45. The molecule has 292 valence electrons. The highest BCUT2D eigenvalue weighted by molar-refractivity contribution is 5.75. The largest absolute Gasteiger partial charge is 0.356 e. The van der Waals surface area contributed by atoms with E-state index < -0.39 is 0 Å². The number of nitrogens with one attached hydrogen (secondary N) is 1. The molecule has 1 saturated carbocycles. The summed E-state index contributed by atoms with van der Waals surface area (Å²) in [5, 5.41) is 2.89. The number of carbonyl (C=O) groups is 1. The first kappa shape index (κ1) is 45.1. The Kier molecular flexibility index (Phi) is 25.1. The average Bonchev–Trinajstić information content (AvgIpc) is 3.42. The first-order valence-corrected chi connectivity index (χ1v) is 20.3. The third-order valence-electron chi connectivity index (χ3n) is 9.35. The Morgan fingerprint density at radius 3 is 2.02 bits per heavy atom. The van der Waals surface area contributed by atoms with E-state index in [4.69, 9.17) is 28.4 Å². The summed E-state index contributed by atoms with van der Waals surface area (Å²) in [5.41, 5.74) is 1.29. The summed E-state index contributed by atoms with van der Waals surface area (Å²) in [6, 6.07) is 10.6. The maximum atomic E-state index is 11.9. The fourth-order valence-corrected chi connectivity index (χ4v) is 6.45. The van der Waals surface area contributed by atoms with Crippen LogP contribution in [0.3, 0.4) is 0 Å². The van der Waals surface area contributed by atoms with Crippen molar-refractivity contribution in [2.75, 3.05) is 26.4 Å². The highest BCUT2D eigenvalue weighted by Gasteiger charge is 2.44. The monoisotopic (exact) mass is 716 g/mol. The SMILES string of the molecule is CCCCOC(C)OC(/C=C/[C@@H]1[C@@H](C/C=C\CCCC(=O)NCC)[C@@H](OC(C)OCCCC)C[C@H]1OC(C)OCCCC)CCc1ccccc1. The molecule has 2 rings (SSSR count). The van der Waals surface area contributed by atoms with Crippen LogP contribution in [0.1, 0.15) is 131 Å². The first-order valence-electron chi connectivity index (χ1n) is 20.3. The van der Waals surface area contributed by atoms with E-state index in [0.29, 0.717) is 32.8 Å². The Hall–Kier alpha value is -2.07. The third kappa shape index (κ3) is 20.1. The summed E-state index contributed by atoms with van der Waals surface area (Å²) in [5.74, 6) is 0.356. The van der Waals surface area contributed by atoms with Gasteiger partial charge in [0.15, 0.2) is 18.9 Å². The molecule has 8 nitrogen and oxygen atoms in total. The molecule has 4 unspecified atom stereocenters. The van der Waals surface area contributed by atoms with Crippen LogP contribution in [0.4, 0.5) is 0 Å². The molecule has 0 saturated heterocycles. The summed E-state index contributed by atoms with van der Waals surface area (Å²) in [6.07, 6.45) is 19.7. The van der Waals surface area contributed by atoms with Crippen molar-refractivity contribution >= 4 is 5.91 Å². The topological polar surface area (TPSA) is 84.5 Å². The number of amides is 1. The quantitative estimate of drug-likeness (QED) is 0.0482. The van der Waals surface area contributed by atoms with Gasteiger partial charge in [-0.05, 0) is 90.5 Å². The Morgan fingerprint density at radius 1 is 0.804 bits per heavy atom. The van der Waals surface area contributed by atoms with Gasteiger partial charge in [-0.15, -0.1) is 0 Å². The highest BCUT2D eigenvalue weighted by atomic mass is 16.7. The minimum absolute atomic E-state index is 0.0518. The molecule has 0 radical (unpaired) electrons. The molecule has 8 heteroatoms. The zero-order chi connectivity index (χ0) is 37.1. The number of allylic oxidation sites excluding steroid dienone is 2. The molecule has 1 fully saturated rings. The van der Waals surface area contributed by atoms with Gasteiger partial charge in [0, 0.05) is 45.1 Å². The van der Waals surface area contributed by atoms with Crippen LogP contribution >= 0.6 is 0 Å². The molecule has 1 aliphatic carbocycles. The maximum absolute atomic E-state index is 11.9. The van der Waals surface area contributed by atoms with Crippen molar-refractivity contribution in [2.45, 2.75) is 169 Å². The van der Waals surface area contributed by atoms with Crippen LogP contribution < -0.4 is 5.32 Å². The Balaban J connectivity index is 2.33. The molecular weight excluding hydrogens is 642 g/mol. The van der Waals surface area contributed by atoms with E-state index in [1.807, 2.05) is 27.7 Å². The summed E-state index contributed by atoms with van der Waals surface area (Å²) in [7, 11) is 0. The number of hydrogen-bond acceptors (Lipinski definition) is 7. The molecule has 1 aliphatic rings. The second-order valence-corrected chi connectivity index (χ2v) is 13.8. The van der Waals surface area contributed by atoms with Crippen LogP contribution in [0.2, 0.25) is 0 Å². The van der Waals surface area contributed by atoms with E-state index in [1.165, 1.54) is 5.56 Å². The van der Waals surface area contributed by atoms with E-state index in [-0.39, 0.29) is 54.9 Å². The lowest BCUT2D eigenvalue weighted by molar-refractivity contribution is -0.178. The van der Waals surface area contributed by atoms with Crippen LogP contribution in [-0.2, 0) is 39.6 Å². The maximum Gasteiger partial charge on any atom is 0.219 e. The number of unbranched alkanes of at least 4 members (excludes halogenated alkanes) is 4. The molecule has 1 N–H and O–H groups in total. The van der Waals surface area contributed by atoms with Gasteiger partial charge in [0.25, 0.3) is 0 Å². The third-order valence-corrected chi connectivity index (χ3v) is 9.35.